The van der Waals surface area contributed by atoms with Gasteiger partial charge in [0.1, 0.15) is 25.4 Å². The summed E-state index contributed by atoms with van der Waals surface area (Å²) < 4.78 is 41.2. The quantitative estimate of drug-likeness (QED) is 0.213. The Morgan fingerprint density at radius 3 is 2.38 bits per heavy atom. The maximum Gasteiger partial charge on any atom is 0.326 e. The molecule has 4 rings (SSSR count). The van der Waals surface area contributed by atoms with Crippen LogP contribution in [0.2, 0.25) is 5.02 Å². The van der Waals surface area contributed by atoms with Crippen molar-refractivity contribution in [3.05, 3.63) is 72.4 Å². The van der Waals surface area contributed by atoms with Gasteiger partial charge < -0.3 is 9.47 Å². The summed E-state index contributed by atoms with van der Waals surface area (Å²) >= 11 is 7.58. The number of nitrogens with zero attached hydrogens (tertiary/aromatic N) is 6. The number of benzene rings is 1. The van der Waals surface area contributed by atoms with Crippen molar-refractivity contribution in [2.75, 3.05) is 35.5 Å². The first-order valence-corrected chi connectivity index (χ1v) is 13.8. The molecule has 0 aliphatic carbocycles. The Hall–Kier alpha value is -3.68. The number of halogens is 1. The standard InChI is InChI=1S/C23H22ClN7O4S2/c1-31(19-5-3-4-10-25-19)37(32,33)30-21-20(16-6-8-17(24)9-7-16)22(29-15-28-21)34-11-12-35-23-26-13-18(36-2)14-27-23/h3-10,13-15H,11-12H2,1-2H3,(H,28,29,30). The van der Waals surface area contributed by atoms with Crippen molar-refractivity contribution in [2.45, 2.75) is 4.90 Å². The Morgan fingerprint density at radius 2 is 1.70 bits per heavy atom. The molecule has 0 radical (unpaired) electrons. The highest BCUT2D eigenvalue weighted by atomic mass is 35.5. The van der Waals surface area contributed by atoms with E-state index in [1.807, 2.05) is 6.26 Å². The van der Waals surface area contributed by atoms with E-state index in [0.717, 1.165) is 9.20 Å². The lowest BCUT2D eigenvalue weighted by Crippen LogP contribution is -2.33. The highest BCUT2D eigenvalue weighted by molar-refractivity contribution is 7.98. The van der Waals surface area contributed by atoms with Gasteiger partial charge >= 0.3 is 16.2 Å². The zero-order valence-electron chi connectivity index (χ0n) is 19.8. The van der Waals surface area contributed by atoms with Gasteiger partial charge in [-0.3, -0.25) is 0 Å². The Bertz CT molecular complexity index is 1430. The van der Waals surface area contributed by atoms with Crippen molar-refractivity contribution in [3.8, 4) is 23.0 Å². The van der Waals surface area contributed by atoms with Crippen LogP contribution in [0.1, 0.15) is 0 Å². The van der Waals surface area contributed by atoms with E-state index >= 15 is 0 Å². The molecular formula is C23H22ClN7O4S2. The minimum atomic E-state index is -4.08. The number of nitrogens with one attached hydrogen (secondary N) is 1. The summed E-state index contributed by atoms with van der Waals surface area (Å²) in [4.78, 5) is 21.7. The van der Waals surface area contributed by atoms with E-state index in [1.54, 1.807) is 54.9 Å². The van der Waals surface area contributed by atoms with Crippen molar-refractivity contribution in [1.29, 1.82) is 0 Å². The third-order valence-corrected chi connectivity index (χ3v) is 7.19. The monoisotopic (exact) mass is 559 g/mol. The molecule has 0 saturated heterocycles. The van der Waals surface area contributed by atoms with Crippen molar-refractivity contribution >= 4 is 45.2 Å². The molecule has 3 aromatic heterocycles. The van der Waals surface area contributed by atoms with Crippen LogP contribution in [0.5, 0.6) is 11.9 Å². The van der Waals surface area contributed by atoms with Crippen LogP contribution in [-0.2, 0) is 10.2 Å². The number of anilines is 2. The summed E-state index contributed by atoms with van der Waals surface area (Å²) in [6.07, 6.45) is 7.96. The molecule has 0 aliphatic rings. The number of hydrogen-bond donors (Lipinski definition) is 1. The molecule has 1 aromatic carbocycles. The van der Waals surface area contributed by atoms with E-state index in [-0.39, 0.29) is 36.7 Å². The summed E-state index contributed by atoms with van der Waals surface area (Å²) in [6, 6.07) is 11.9. The van der Waals surface area contributed by atoms with Gasteiger partial charge in [-0.15, -0.1) is 11.8 Å². The molecule has 0 amide bonds. The van der Waals surface area contributed by atoms with Gasteiger partial charge in [-0.2, -0.15) is 8.42 Å². The van der Waals surface area contributed by atoms with Crippen LogP contribution in [0, 0.1) is 0 Å². The number of aromatic nitrogens is 5. The molecule has 0 aliphatic heterocycles. The topological polar surface area (TPSA) is 132 Å². The molecule has 0 atom stereocenters. The van der Waals surface area contributed by atoms with Gasteiger partial charge in [-0.25, -0.2) is 33.9 Å². The molecule has 37 heavy (non-hydrogen) atoms. The maximum atomic E-state index is 13.1. The van der Waals surface area contributed by atoms with Crippen LogP contribution in [-0.4, -0.2) is 59.9 Å². The van der Waals surface area contributed by atoms with Crippen molar-refractivity contribution in [1.82, 2.24) is 24.9 Å². The largest absolute Gasteiger partial charge is 0.473 e. The fourth-order valence-corrected chi connectivity index (χ4v) is 4.37. The lowest BCUT2D eigenvalue weighted by atomic mass is 10.1. The van der Waals surface area contributed by atoms with Gasteiger partial charge in [-0.1, -0.05) is 29.8 Å². The molecule has 192 valence electrons. The molecule has 0 fully saturated rings. The van der Waals surface area contributed by atoms with Crippen LogP contribution >= 0.6 is 23.4 Å². The zero-order valence-corrected chi connectivity index (χ0v) is 22.2. The second kappa shape index (κ2) is 12.0. The van der Waals surface area contributed by atoms with E-state index in [2.05, 4.69) is 29.6 Å². The average molecular weight is 560 g/mol. The number of ether oxygens (including phenoxy) is 2. The second-order valence-electron chi connectivity index (χ2n) is 7.27. The van der Waals surface area contributed by atoms with E-state index < -0.39 is 10.2 Å². The summed E-state index contributed by atoms with van der Waals surface area (Å²) in [5.74, 6) is 0.406. The van der Waals surface area contributed by atoms with Crippen molar-refractivity contribution in [3.63, 3.8) is 0 Å². The predicted octanol–water partition coefficient (Wildman–Crippen LogP) is 3.95. The molecule has 0 bridgehead atoms. The molecule has 0 spiro atoms. The lowest BCUT2D eigenvalue weighted by Gasteiger charge is -2.20. The molecule has 14 heteroatoms. The third kappa shape index (κ3) is 6.76. The van der Waals surface area contributed by atoms with Crippen LogP contribution in [0.3, 0.4) is 0 Å². The van der Waals surface area contributed by atoms with E-state index in [0.29, 0.717) is 16.1 Å². The number of hydrogen-bond acceptors (Lipinski definition) is 10. The van der Waals surface area contributed by atoms with Gasteiger partial charge in [0.25, 0.3) is 0 Å². The normalized spacial score (nSPS) is 11.1. The van der Waals surface area contributed by atoms with E-state index in [9.17, 15) is 8.42 Å². The highest BCUT2D eigenvalue weighted by Gasteiger charge is 2.24. The predicted molar refractivity (Wildman–Crippen MR) is 142 cm³/mol. The maximum absolute atomic E-state index is 13.1. The van der Waals surface area contributed by atoms with Crippen LogP contribution in [0.25, 0.3) is 11.1 Å². The molecule has 11 nitrogen and oxygen atoms in total. The van der Waals surface area contributed by atoms with Gasteiger partial charge in [-0.05, 0) is 36.1 Å². The van der Waals surface area contributed by atoms with Crippen LogP contribution in [0.15, 0.2) is 72.3 Å². The molecule has 1 N–H and O–H groups in total. The molecule has 4 aromatic rings. The van der Waals surface area contributed by atoms with Gasteiger partial charge in [0, 0.05) is 35.6 Å². The fraction of sp³-hybridized carbons (Fsp3) is 0.174. The van der Waals surface area contributed by atoms with Gasteiger partial charge in [0.05, 0.1) is 5.56 Å². The number of thioether (sulfide) groups is 1. The van der Waals surface area contributed by atoms with Crippen molar-refractivity contribution in [2.24, 2.45) is 0 Å². The smallest absolute Gasteiger partial charge is 0.326 e. The minimum Gasteiger partial charge on any atom is -0.473 e. The van der Waals surface area contributed by atoms with E-state index in [4.69, 9.17) is 21.1 Å². The fourth-order valence-electron chi connectivity index (χ4n) is 3.04. The minimum absolute atomic E-state index is 0.0204. The zero-order chi connectivity index (χ0) is 26.3. The summed E-state index contributed by atoms with van der Waals surface area (Å²) in [6.45, 7) is 0.220. The Morgan fingerprint density at radius 1 is 0.973 bits per heavy atom. The Kier molecular flexibility index (Phi) is 8.58. The molecule has 3 heterocycles. The number of rotatable bonds is 11. The first-order valence-electron chi connectivity index (χ1n) is 10.8. The van der Waals surface area contributed by atoms with Crippen LogP contribution in [0.4, 0.5) is 11.6 Å². The first kappa shape index (κ1) is 26.4. The second-order valence-corrected chi connectivity index (χ2v) is 10.3. The molecular weight excluding hydrogens is 538 g/mol. The molecule has 0 unspecified atom stereocenters. The SMILES string of the molecule is CSc1cnc(OCCOc2ncnc(NS(=O)(=O)N(C)c3ccccn3)c2-c2ccc(Cl)cc2)nc1. The summed E-state index contributed by atoms with van der Waals surface area (Å²) in [5, 5.41) is 0.515. The highest BCUT2D eigenvalue weighted by Crippen LogP contribution is 2.35. The summed E-state index contributed by atoms with van der Waals surface area (Å²) in [7, 11) is -2.70. The van der Waals surface area contributed by atoms with Gasteiger partial charge in [0.15, 0.2) is 5.82 Å². The van der Waals surface area contributed by atoms with Crippen LogP contribution < -0.4 is 18.5 Å². The van der Waals surface area contributed by atoms with Gasteiger partial charge in [0.2, 0.25) is 5.88 Å². The number of pyridine rings is 1. The Balaban J connectivity index is 1.56. The third-order valence-electron chi connectivity index (χ3n) is 4.90. The average Bonchev–Trinajstić information content (AvgIpc) is 2.92. The Labute approximate surface area is 223 Å². The summed E-state index contributed by atoms with van der Waals surface area (Å²) in [5.41, 5.74) is 0.924. The first-order chi connectivity index (χ1) is 17.9. The molecule has 0 saturated carbocycles. The lowest BCUT2D eigenvalue weighted by molar-refractivity contribution is 0.201. The van der Waals surface area contributed by atoms with Crippen molar-refractivity contribution < 1.29 is 17.9 Å². The van der Waals surface area contributed by atoms with E-state index in [1.165, 1.54) is 31.3 Å².